The van der Waals surface area contributed by atoms with Gasteiger partial charge >= 0.3 is 0 Å². The van der Waals surface area contributed by atoms with Crippen molar-refractivity contribution in [3.63, 3.8) is 0 Å². The fourth-order valence-electron chi connectivity index (χ4n) is 1.43. The molecule has 0 saturated carbocycles. The number of hydrogen-bond acceptors (Lipinski definition) is 5. The summed E-state index contributed by atoms with van der Waals surface area (Å²) in [5, 5.41) is 8.18. The van der Waals surface area contributed by atoms with E-state index in [2.05, 4.69) is 37.9 Å². The summed E-state index contributed by atoms with van der Waals surface area (Å²) in [4.78, 5) is 8.11. The molecule has 0 amide bonds. The summed E-state index contributed by atoms with van der Waals surface area (Å²) in [6.07, 6.45) is 3.18. The highest BCUT2D eigenvalue weighted by atomic mass is 127. The molecular weight excluding hydrogens is 379 g/mol. The molecule has 1 aromatic carbocycles. The molecule has 2 aromatic rings. The molecule has 0 radical (unpaired) electrons. The number of halogens is 1. The molecule has 3 N–H and O–H groups in total. The minimum atomic E-state index is -3.64. The van der Waals surface area contributed by atoms with Crippen molar-refractivity contribution in [3.05, 3.63) is 45.9 Å². The van der Waals surface area contributed by atoms with Crippen molar-refractivity contribution >= 4 is 38.4 Å². The predicted octanol–water partition coefficient (Wildman–Crippen LogP) is 1.34. The Bertz CT molecular complexity index is 673. The zero-order valence-electron chi connectivity index (χ0n) is 9.75. The molecule has 0 aliphatic heterocycles. The first kappa shape index (κ1) is 14.2. The van der Waals surface area contributed by atoms with E-state index in [9.17, 15) is 8.42 Å². The number of benzene rings is 1. The largest absolute Gasteiger partial charge is 0.365 e. The van der Waals surface area contributed by atoms with Crippen LogP contribution in [0.25, 0.3) is 0 Å². The molecule has 6 nitrogen and oxygen atoms in total. The van der Waals surface area contributed by atoms with Crippen LogP contribution in [0.4, 0.5) is 5.82 Å². The van der Waals surface area contributed by atoms with Crippen LogP contribution in [-0.2, 0) is 16.6 Å². The van der Waals surface area contributed by atoms with Crippen LogP contribution >= 0.6 is 22.6 Å². The average Bonchev–Trinajstić information content (AvgIpc) is 2.37. The zero-order valence-corrected chi connectivity index (χ0v) is 12.7. The monoisotopic (exact) mass is 390 g/mol. The van der Waals surface area contributed by atoms with Crippen LogP contribution in [0.2, 0.25) is 0 Å². The van der Waals surface area contributed by atoms with Gasteiger partial charge in [-0.3, -0.25) is 0 Å². The minimum Gasteiger partial charge on any atom is -0.365 e. The lowest BCUT2D eigenvalue weighted by molar-refractivity contribution is 0.598. The second-order valence-electron chi connectivity index (χ2n) is 3.76. The molecule has 0 aliphatic carbocycles. The molecule has 0 atom stereocenters. The van der Waals surface area contributed by atoms with E-state index in [1.807, 2.05) is 0 Å². The molecule has 0 bridgehead atoms. The van der Waals surface area contributed by atoms with E-state index < -0.39 is 10.0 Å². The fraction of sp³-hybridized carbons (Fsp3) is 0.0909. The Labute approximate surface area is 124 Å². The SMILES string of the molecule is NS(=O)(=O)c1ccc(CNc2ncncc2I)cc1. The van der Waals surface area contributed by atoms with Gasteiger partial charge in [-0.25, -0.2) is 23.5 Å². The number of anilines is 1. The molecule has 1 aromatic heterocycles. The number of nitrogens with two attached hydrogens (primary N) is 1. The van der Waals surface area contributed by atoms with Crippen molar-refractivity contribution in [2.45, 2.75) is 11.4 Å². The summed E-state index contributed by atoms with van der Waals surface area (Å²) in [5.74, 6) is 0.742. The molecule has 0 unspecified atom stereocenters. The third kappa shape index (κ3) is 3.85. The summed E-state index contributed by atoms with van der Waals surface area (Å²) in [7, 11) is -3.64. The van der Waals surface area contributed by atoms with E-state index in [1.165, 1.54) is 18.5 Å². The second-order valence-corrected chi connectivity index (χ2v) is 6.49. The van der Waals surface area contributed by atoms with Crippen molar-refractivity contribution < 1.29 is 8.42 Å². The lowest BCUT2D eigenvalue weighted by atomic mass is 10.2. The smallest absolute Gasteiger partial charge is 0.238 e. The lowest BCUT2D eigenvalue weighted by Gasteiger charge is -2.07. The first-order valence-electron chi connectivity index (χ1n) is 5.28. The summed E-state index contributed by atoms with van der Waals surface area (Å²) >= 11 is 2.14. The van der Waals surface area contributed by atoms with Gasteiger partial charge in [0.25, 0.3) is 0 Å². The van der Waals surface area contributed by atoms with E-state index in [1.54, 1.807) is 18.3 Å². The van der Waals surface area contributed by atoms with Crippen LogP contribution in [0.3, 0.4) is 0 Å². The van der Waals surface area contributed by atoms with Crippen LogP contribution in [0.5, 0.6) is 0 Å². The Morgan fingerprint density at radius 1 is 1.26 bits per heavy atom. The van der Waals surface area contributed by atoms with E-state index >= 15 is 0 Å². The third-order valence-corrected chi connectivity index (χ3v) is 4.10. The van der Waals surface area contributed by atoms with Crippen molar-refractivity contribution in [1.82, 2.24) is 9.97 Å². The number of rotatable bonds is 4. The summed E-state index contributed by atoms with van der Waals surface area (Å²) in [6.45, 7) is 0.540. The fourth-order valence-corrected chi connectivity index (χ4v) is 2.43. The van der Waals surface area contributed by atoms with Crippen molar-refractivity contribution in [2.75, 3.05) is 5.32 Å². The van der Waals surface area contributed by atoms with Gasteiger partial charge in [0.1, 0.15) is 12.1 Å². The first-order valence-corrected chi connectivity index (χ1v) is 7.90. The molecule has 19 heavy (non-hydrogen) atoms. The Balaban J connectivity index is 2.07. The Morgan fingerprint density at radius 3 is 2.53 bits per heavy atom. The molecule has 1 heterocycles. The van der Waals surface area contributed by atoms with Gasteiger partial charge in [0.05, 0.1) is 8.47 Å². The third-order valence-electron chi connectivity index (χ3n) is 2.38. The summed E-state index contributed by atoms with van der Waals surface area (Å²) in [6, 6.07) is 6.39. The van der Waals surface area contributed by atoms with Gasteiger partial charge in [-0.1, -0.05) is 12.1 Å². The average molecular weight is 390 g/mol. The van der Waals surface area contributed by atoms with Crippen molar-refractivity contribution in [3.8, 4) is 0 Å². The van der Waals surface area contributed by atoms with Gasteiger partial charge in [0.15, 0.2) is 0 Å². The van der Waals surface area contributed by atoms with Gasteiger partial charge in [-0.2, -0.15) is 0 Å². The number of sulfonamides is 1. The zero-order chi connectivity index (χ0) is 13.9. The molecule has 0 spiro atoms. The van der Waals surface area contributed by atoms with Crippen molar-refractivity contribution in [1.29, 1.82) is 0 Å². The normalized spacial score (nSPS) is 11.3. The van der Waals surface area contributed by atoms with Gasteiger partial charge in [-0.15, -0.1) is 0 Å². The highest BCUT2D eigenvalue weighted by Crippen LogP contribution is 2.14. The molecule has 2 rings (SSSR count). The molecular formula is C11H11IN4O2S. The van der Waals surface area contributed by atoms with E-state index in [0.29, 0.717) is 6.54 Å². The quantitative estimate of drug-likeness (QED) is 0.768. The number of nitrogens with zero attached hydrogens (tertiary/aromatic N) is 2. The van der Waals surface area contributed by atoms with Crippen LogP contribution in [0, 0.1) is 3.57 Å². The molecule has 0 saturated heterocycles. The molecule has 0 fully saturated rings. The lowest BCUT2D eigenvalue weighted by Crippen LogP contribution is -2.12. The second kappa shape index (κ2) is 5.80. The van der Waals surface area contributed by atoms with Crippen LogP contribution in [0.15, 0.2) is 41.7 Å². The predicted molar refractivity (Wildman–Crippen MR) is 79.9 cm³/mol. The van der Waals surface area contributed by atoms with E-state index in [0.717, 1.165) is 15.0 Å². The van der Waals surface area contributed by atoms with E-state index in [4.69, 9.17) is 5.14 Å². The summed E-state index contributed by atoms with van der Waals surface area (Å²) < 4.78 is 23.1. The standard InChI is InChI=1S/C11H11IN4O2S/c12-10-6-14-7-16-11(10)15-5-8-1-3-9(4-2-8)19(13,17)18/h1-4,6-7H,5H2,(H2,13,17,18)(H,14,15,16). The van der Waals surface area contributed by atoms with Gasteiger partial charge < -0.3 is 5.32 Å². The minimum absolute atomic E-state index is 0.105. The number of primary sulfonamides is 1. The molecule has 100 valence electrons. The Morgan fingerprint density at radius 2 is 1.95 bits per heavy atom. The maximum absolute atomic E-state index is 11.1. The Hall–Kier alpha value is -1.26. The number of hydrogen-bond donors (Lipinski definition) is 2. The van der Waals surface area contributed by atoms with Crippen LogP contribution in [0.1, 0.15) is 5.56 Å². The van der Waals surface area contributed by atoms with Gasteiger partial charge in [-0.05, 0) is 40.3 Å². The maximum Gasteiger partial charge on any atom is 0.238 e. The first-order chi connectivity index (χ1) is 8.97. The molecule has 8 heteroatoms. The topological polar surface area (TPSA) is 98.0 Å². The highest BCUT2D eigenvalue weighted by molar-refractivity contribution is 14.1. The van der Waals surface area contributed by atoms with Gasteiger partial charge in [0.2, 0.25) is 10.0 Å². The number of aromatic nitrogens is 2. The Kier molecular flexibility index (Phi) is 4.32. The van der Waals surface area contributed by atoms with Gasteiger partial charge in [0, 0.05) is 12.7 Å². The summed E-state index contributed by atoms with van der Waals surface area (Å²) in [5.41, 5.74) is 0.932. The molecule has 0 aliphatic rings. The number of nitrogens with one attached hydrogen (secondary N) is 1. The van der Waals surface area contributed by atoms with Crippen LogP contribution < -0.4 is 10.5 Å². The van der Waals surface area contributed by atoms with Crippen molar-refractivity contribution in [2.24, 2.45) is 5.14 Å². The maximum atomic E-state index is 11.1. The van der Waals surface area contributed by atoms with Crippen LogP contribution in [-0.4, -0.2) is 18.4 Å². The highest BCUT2D eigenvalue weighted by Gasteiger charge is 2.07. The van der Waals surface area contributed by atoms with E-state index in [-0.39, 0.29) is 4.90 Å².